The number of amides is 1. The smallest absolute Gasteiger partial charge is 0.225 e. The second-order valence-electron chi connectivity index (χ2n) is 5.62. The van der Waals surface area contributed by atoms with Crippen LogP contribution in [0.15, 0.2) is 24.3 Å². The molecule has 1 amide bonds. The number of aliphatic hydroxyl groups excluding tert-OH is 2. The molecule has 0 bridgehead atoms. The molecule has 1 aliphatic rings. The maximum atomic E-state index is 12.9. The summed E-state index contributed by atoms with van der Waals surface area (Å²) in [5.41, 5.74) is 2.93. The third kappa shape index (κ3) is 3.25. The third-order valence-corrected chi connectivity index (χ3v) is 4.14. The van der Waals surface area contributed by atoms with Crippen LogP contribution in [-0.4, -0.2) is 37.8 Å². The predicted octanol–water partition coefficient (Wildman–Crippen LogP) is 1.05. The van der Waals surface area contributed by atoms with Gasteiger partial charge in [0.2, 0.25) is 5.91 Å². The number of benzene rings is 1. The summed E-state index contributed by atoms with van der Waals surface area (Å²) in [6.45, 7) is 0.787. The zero-order valence-corrected chi connectivity index (χ0v) is 12.5. The van der Waals surface area contributed by atoms with Gasteiger partial charge in [0.05, 0.1) is 37.1 Å². The van der Waals surface area contributed by atoms with Crippen LogP contribution in [0.2, 0.25) is 0 Å². The van der Waals surface area contributed by atoms with E-state index >= 15 is 0 Å². The van der Waals surface area contributed by atoms with Crippen LogP contribution in [0.4, 0.5) is 4.39 Å². The van der Waals surface area contributed by atoms with E-state index in [2.05, 4.69) is 10.2 Å². The SMILES string of the molecule is O=C(CC(O)c1ccc(F)cc1)N1CCc2c(CO)n[nH]c2C1. The van der Waals surface area contributed by atoms with E-state index in [1.807, 2.05) is 0 Å². The molecule has 2 aromatic rings. The summed E-state index contributed by atoms with van der Waals surface area (Å²) in [7, 11) is 0. The van der Waals surface area contributed by atoms with Crippen LogP contribution >= 0.6 is 0 Å². The highest BCUT2D eigenvalue weighted by molar-refractivity contribution is 5.77. The van der Waals surface area contributed by atoms with Crippen LogP contribution in [0.1, 0.15) is 35.0 Å². The Hall–Kier alpha value is -2.25. The van der Waals surface area contributed by atoms with Crippen molar-refractivity contribution in [2.24, 2.45) is 0 Å². The second-order valence-corrected chi connectivity index (χ2v) is 5.62. The first-order chi connectivity index (χ1) is 11.1. The van der Waals surface area contributed by atoms with Crippen molar-refractivity contribution in [2.75, 3.05) is 6.54 Å². The van der Waals surface area contributed by atoms with Gasteiger partial charge in [-0.15, -0.1) is 0 Å². The lowest BCUT2D eigenvalue weighted by atomic mass is 10.0. The van der Waals surface area contributed by atoms with E-state index in [9.17, 15) is 19.4 Å². The van der Waals surface area contributed by atoms with Crippen LogP contribution in [0.25, 0.3) is 0 Å². The van der Waals surface area contributed by atoms with Gasteiger partial charge >= 0.3 is 0 Å². The highest BCUT2D eigenvalue weighted by Gasteiger charge is 2.26. The number of nitrogens with zero attached hydrogens (tertiary/aromatic N) is 2. The number of carbonyl (C=O) groups excluding carboxylic acids is 1. The molecular formula is C16H18FN3O3. The summed E-state index contributed by atoms with van der Waals surface area (Å²) in [6, 6.07) is 5.47. The van der Waals surface area contributed by atoms with Crippen molar-refractivity contribution in [2.45, 2.75) is 32.1 Å². The Morgan fingerprint density at radius 3 is 2.83 bits per heavy atom. The number of aliphatic hydroxyl groups is 2. The number of aromatic amines is 1. The normalized spacial score (nSPS) is 15.3. The van der Waals surface area contributed by atoms with E-state index in [-0.39, 0.29) is 24.8 Å². The fourth-order valence-electron chi connectivity index (χ4n) is 2.83. The molecule has 23 heavy (non-hydrogen) atoms. The predicted molar refractivity (Wildman–Crippen MR) is 79.6 cm³/mol. The lowest BCUT2D eigenvalue weighted by Crippen LogP contribution is -2.36. The molecule has 1 aliphatic heterocycles. The molecule has 3 rings (SSSR count). The van der Waals surface area contributed by atoms with E-state index in [0.717, 1.165) is 11.3 Å². The van der Waals surface area contributed by atoms with Crippen molar-refractivity contribution in [1.82, 2.24) is 15.1 Å². The average molecular weight is 319 g/mol. The first kappa shape index (κ1) is 15.6. The molecule has 0 spiro atoms. The fraction of sp³-hybridized carbons (Fsp3) is 0.375. The van der Waals surface area contributed by atoms with Crippen LogP contribution in [0.3, 0.4) is 0 Å². The maximum absolute atomic E-state index is 12.9. The summed E-state index contributed by atoms with van der Waals surface area (Å²) in [5.74, 6) is -0.553. The average Bonchev–Trinajstić information content (AvgIpc) is 2.97. The van der Waals surface area contributed by atoms with Gasteiger partial charge in [0.25, 0.3) is 0 Å². The quantitative estimate of drug-likeness (QED) is 0.786. The molecule has 1 aromatic heterocycles. The maximum Gasteiger partial charge on any atom is 0.225 e. The second kappa shape index (κ2) is 6.47. The lowest BCUT2D eigenvalue weighted by molar-refractivity contribution is -0.134. The molecule has 1 unspecified atom stereocenters. The van der Waals surface area contributed by atoms with Gasteiger partial charge in [0, 0.05) is 12.1 Å². The molecule has 7 heteroatoms. The van der Waals surface area contributed by atoms with Gasteiger partial charge in [-0.1, -0.05) is 12.1 Å². The first-order valence-electron chi connectivity index (χ1n) is 7.45. The van der Waals surface area contributed by atoms with Gasteiger partial charge in [0.15, 0.2) is 0 Å². The van der Waals surface area contributed by atoms with Crippen LogP contribution in [0.5, 0.6) is 0 Å². The van der Waals surface area contributed by atoms with Gasteiger partial charge < -0.3 is 15.1 Å². The Morgan fingerprint density at radius 2 is 2.13 bits per heavy atom. The van der Waals surface area contributed by atoms with Crippen molar-refractivity contribution < 1.29 is 19.4 Å². The zero-order valence-electron chi connectivity index (χ0n) is 12.5. The molecule has 0 saturated heterocycles. The number of nitrogens with one attached hydrogen (secondary N) is 1. The minimum Gasteiger partial charge on any atom is -0.390 e. The molecule has 2 heterocycles. The van der Waals surface area contributed by atoms with E-state index in [1.54, 1.807) is 4.90 Å². The lowest BCUT2D eigenvalue weighted by Gasteiger charge is -2.27. The zero-order chi connectivity index (χ0) is 16.4. The van der Waals surface area contributed by atoms with E-state index in [0.29, 0.717) is 30.8 Å². The van der Waals surface area contributed by atoms with Gasteiger partial charge in [0.1, 0.15) is 5.82 Å². The Morgan fingerprint density at radius 1 is 1.39 bits per heavy atom. The number of hydrogen-bond acceptors (Lipinski definition) is 4. The Labute approximate surface area is 132 Å². The van der Waals surface area contributed by atoms with E-state index in [1.165, 1.54) is 24.3 Å². The highest BCUT2D eigenvalue weighted by Crippen LogP contribution is 2.23. The molecule has 1 aromatic carbocycles. The molecule has 1 atom stereocenters. The largest absolute Gasteiger partial charge is 0.390 e. The number of H-pyrrole nitrogens is 1. The summed E-state index contributed by atoms with van der Waals surface area (Å²) < 4.78 is 12.9. The molecule has 122 valence electrons. The Bertz CT molecular complexity index is 699. The standard InChI is InChI=1S/C16H18FN3O3/c17-11-3-1-10(2-4-11)15(22)7-16(23)20-6-5-12-13(8-20)18-19-14(12)9-21/h1-4,15,21-22H,5-9H2,(H,18,19). The summed E-state index contributed by atoms with van der Waals surface area (Å²) in [5, 5.41) is 26.2. The van der Waals surface area contributed by atoms with Gasteiger partial charge in [-0.05, 0) is 24.1 Å². The number of halogens is 1. The third-order valence-electron chi connectivity index (χ3n) is 4.14. The summed E-state index contributed by atoms with van der Waals surface area (Å²) >= 11 is 0. The minimum atomic E-state index is -0.959. The van der Waals surface area contributed by atoms with Crippen molar-refractivity contribution in [3.63, 3.8) is 0 Å². The van der Waals surface area contributed by atoms with Crippen LogP contribution in [0, 0.1) is 5.82 Å². The van der Waals surface area contributed by atoms with Crippen molar-refractivity contribution >= 4 is 5.91 Å². The summed E-state index contributed by atoms with van der Waals surface area (Å²) in [6.07, 6.45) is -0.388. The minimum absolute atomic E-state index is 0.0536. The topological polar surface area (TPSA) is 89.4 Å². The van der Waals surface area contributed by atoms with Gasteiger partial charge in [-0.3, -0.25) is 9.89 Å². The molecular weight excluding hydrogens is 301 g/mol. The van der Waals surface area contributed by atoms with E-state index < -0.39 is 6.10 Å². The van der Waals surface area contributed by atoms with Crippen LogP contribution in [-0.2, 0) is 24.4 Å². The Balaban J connectivity index is 1.64. The number of hydrogen-bond donors (Lipinski definition) is 3. The molecule has 0 aliphatic carbocycles. The van der Waals surface area contributed by atoms with Crippen molar-refractivity contribution in [3.8, 4) is 0 Å². The van der Waals surface area contributed by atoms with Gasteiger partial charge in [-0.2, -0.15) is 5.10 Å². The molecule has 3 N–H and O–H groups in total. The Kier molecular flexibility index (Phi) is 4.40. The van der Waals surface area contributed by atoms with Crippen LogP contribution < -0.4 is 0 Å². The monoisotopic (exact) mass is 319 g/mol. The van der Waals surface area contributed by atoms with Gasteiger partial charge in [-0.25, -0.2) is 4.39 Å². The highest BCUT2D eigenvalue weighted by atomic mass is 19.1. The van der Waals surface area contributed by atoms with Crippen molar-refractivity contribution in [1.29, 1.82) is 0 Å². The number of rotatable bonds is 4. The number of carbonyl (C=O) groups is 1. The molecule has 6 nitrogen and oxygen atoms in total. The first-order valence-corrected chi connectivity index (χ1v) is 7.45. The fourth-order valence-corrected chi connectivity index (χ4v) is 2.83. The molecule has 0 saturated carbocycles. The summed E-state index contributed by atoms with van der Waals surface area (Å²) in [4.78, 5) is 14.0. The molecule has 0 radical (unpaired) electrons. The van der Waals surface area contributed by atoms with E-state index in [4.69, 9.17) is 0 Å². The van der Waals surface area contributed by atoms with Crippen molar-refractivity contribution in [3.05, 3.63) is 52.6 Å². The molecule has 0 fully saturated rings. The number of aromatic nitrogens is 2. The number of fused-ring (bicyclic) bond motifs is 1.